The van der Waals surface area contributed by atoms with E-state index in [9.17, 15) is 8.42 Å². The zero-order valence-electron chi connectivity index (χ0n) is 17.9. The number of nitrogens with one attached hydrogen (secondary N) is 1. The molecule has 5 rings (SSSR count). The highest BCUT2D eigenvalue weighted by atomic mass is 32.2. The highest BCUT2D eigenvalue weighted by Crippen LogP contribution is 2.50. The van der Waals surface area contributed by atoms with Crippen molar-refractivity contribution in [3.8, 4) is 0 Å². The SMILES string of the molecule is Cc1nc(C2CN(Cc3ccccc3)CC23CN(S(=O)(=O)c2c(C)noc2C)C3)n[nH]1. The number of aryl methyl sites for hydroxylation is 3. The van der Waals surface area contributed by atoms with Gasteiger partial charge >= 0.3 is 0 Å². The standard InChI is InChI=1S/C21H26N6O3S/c1-14-19(15(2)30-25-14)31(28,29)27-12-21(13-27)11-26(9-17-7-5-4-6-8-17)10-18(21)20-22-16(3)23-24-20/h4-8,18H,9-13H2,1-3H3,(H,22,23,24). The summed E-state index contributed by atoms with van der Waals surface area (Å²) in [6, 6.07) is 10.3. The van der Waals surface area contributed by atoms with E-state index in [-0.39, 0.29) is 16.2 Å². The average molecular weight is 443 g/mol. The maximum absolute atomic E-state index is 13.3. The number of sulfonamides is 1. The van der Waals surface area contributed by atoms with E-state index in [1.54, 1.807) is 13.8 Å². The van der Waals surface area contributed by atoms with Crippen molar-refractivity contribution in [2.45, 2.75) is 38.1 Å². The van der Waals surface area contributed by atoms with Gasteiger partial charge in [-0.3, -0.25) is 10.00 Å². The molecule has 10 heteroatoms. The van der Waals surface area contributed by atoms with Crippen LogP contribution in [0, 0.1) is 26.2 Å². The van der Waals surface area contributed by atoms with Crippen LogP contribution in [-0.4, -0.2) is 64.1 Å². The number of benzene rings is 1. The van der Waals surface area contributed by atoms with Gasteiger partial charge in [0, 0.05) is 44.1 Å². The molecule has 0 radical (unpaired) electrons. The van der Waals surface area contributed by atoms with E-state index in [0.717, 1.165) is 31.3 Å². The molecule has 0 bridgehead atoms. The van der Waals surface area contributed by atoms with Crippen molar-refractivity contribution in [3.05, 3.63) is 59.0 Å². The number of hydrogen-bond acceptors (Lipinski definition) is 7. The van der Waals surface area contributed by atoms with E-state index < -0.39 is 10.0 Å². The van der Waals surface area contributed by atoms with Crippen molar-refractivity contribution in [2.75, 3.05) is 26.2 Å². The molecule has 0 saturated carbocycles. The number of hydrogen-bond donors (Lipinski definition) is 1. The Morgan fingerprint density at radius 3 is 2.52 bits per heavy atom. The molecule has 9 nitrogen and oxygen atoms in total. The molecule has 0 aliphatic carbocycles. The third-order valence-corrected chi connectivity index (χ3v) is 8.48. The summed E-state index contributed by atoms with van der Waals surface area (Å²) in [6.07, 6.45) is 0. The third kappa shape index (κ3) is 3.38. The molecule has 2 aliphatic heterocycles. The van der Waals surface area contributed by atoms with Crippen molar-refractivity contribution in [2.24, 2.45) is 5.41 Å². The van der Waals surface area contributed by atoms with E-state index >= 15 is 0 Å². The Labute approximate surface area is 181 Å². The van der Waals surface area contributed by atoms with Crippen molar-refractivity contribution < 1.29 is 12.9 Å². The molecular weight excluding hydrogens is 416 g/mol. The molecule has 1 aromatic carbocycles. The van der Waals surface area contributed by atoms with E-state index in [2.05, 4.69) is 37.4 Å². The highest BCUT2D eigenvalue weighted by Gasteiger charge is 2.59. The largest absolute Gasteiger partial charge is 0.360 e. The summed E-state index contributed by atoms with van der Waals surface area (Å²) in [5.41, 5.74) is 1.43. The smallest absolute Gasteiger partial charge is 0.248 e. The third-order valence-electron chi connectivity index (χ3n) is 6.44. The molecule has 31 heavy (non-hydrogen) atoms. The van der Waals surface area contributed by atoms with Crippen molar-refractivity contribution in [1.29, 1.82) is 0 Å². The Morgan fingerprint density at radius 1 is 1.16 bits per heavy atom. The van der Waals surface area contributed by atoms with Gasteiger partial charge in [-0.2, -0.15) is 9.40 Å². The maximum atomic E-state index is 13.3. The quantitative estimate of drug-likeness (QED) is 0.644. The van der Waals surface area contributed by atoms with Gasteiger partial charge in [-0.15, -0.1) is 0 Å². The monoisotopic (exact) mass is 442 g/mol. The molecule has 1 spiro atoms. The Morgan fingerprint density at radius 2 is 1.90 bits per heavy atom. The summed E-state index contributed by atoms with van der Waals surface area (Å²) in [5.74, 6) is 1.93. The fourth-order valence-electron chi connectivity index (χ4n) is 5.02. The van der Waals surface area contributed by atoms with Gasteiger partial charge in [-0.1, -0.05) is 35.5 Å². The first-order valence-corrected chi connectivity index (χ1v) is 11.8. The van der Waals surface area contributed by atoms with Gasteiger partial charge in [0.2, 0.25) is 10.0 Å². The number of rotatable bonds is 5. The minimum Gasteiger partial charge on any atom is -0.360 e. The summed E-state index contributed by atoms with van der Waals surface area (Å²) in [6.45, 7) is 8.47. The normalized spacial score (nSPS) is 21.6. The fraction of sp³-hybridized carbons (Fsp3) is 0.476. The van der Waals surface area contributed by atoms with Crippen LogP contribution >= 0.6 is 0 Å². The summed E-state index contributed by atoms with van der Waals surface area (Å²) in [5, 5.41) is 11.2. The van der Waals surface area contributed by atoms with E-state index in [1.807, 2.05) is 25.1 Å². The highest BCUT2D eigenvalue weighted by molar-refractivity contribution is 7.89. The number of aromatic amines is 1. The second kappa shape index (κ2) is 7.25. The molecule has 1 unspecified atom stereocenters. The van der Waals surface area contributed by atoms with E-state index in [1.165, 1.54) is 9.87 Å². The van der Waals surface area contributed by atoms with Crippen LogP contribution in [0.25, 0.3) is 0 Å². The van der Waals surface area contributed by atoms with Crippen molar-refractivity contribution >= 4 is 10.0 Å². The van der Waals surface area contributed by atoms with Gasteiger partial charge in [0.25, 0.3) is 0 Å². The van der Waals surface area contributed by atoms with Crippen LogP contribution in [0.1, 0.15) is 34.6 Å². The number of aromatic nitrogens is 4. The Kier molecular flexibility index (Phi) is 4.76. The average Bonchev–Trinajstić information content (AvgIpc) is 3.38. The van der Waals surface area contributed by atoms with Crippen LogP contribution in [0.15, 0.2) is 39.8 Å². The first kappa shape index (κ1) is 20.3. The molecule has 2 aliphatic rings. The van der Waals surface area contributed by atoms with Gasteiger partial charge in [0.15, 0.2) is 11.6 Å². The number of likely N-dealkylation sites (tertiary alicyclic amines) is 1. The minimum atomic E-state index is -3.65. The summed E-state index contributed by atoms with van der Waals surface area (Å²) in [4.78, 5) is 7.16. The van der Waals surface area contributed by atoms with Gasteiger partial charge < -0.3 is 4.52 Å². The van der Waals surface area contributed by atoms with Crippen LogP contribution in [0.2, 0.25) is 0 Å². The summed E-state index contributed by atoms with van der Waals surface area (Å²) in [7, 11) is -3.65. The second-order valence-electron chi connectivity index (χ2n) is 8.78. The van der Waals surface area contributed by atoms with Crippen LogP contribution in [0.5, 0.6) is 0 Å². The Hall–Kier alpha value is -2.56. The van der Waals surface area contributed by atoms with Gasteiger partial charge in [-0.05, 0) is 26.3 Å². The number of H-pyrrole nitrogens is 1. The molecule has 2 saturated heterocycles. The second-order valence-corrected chi connectivity index (χ2v) is 10.7. The Bertz CT molecular complexity index is 1180. The topological polar surface area (TPSA) is 108 Å². The molecule has 1 N–H and O–H groups in total. The van der Waals surface area contributed by atoms with Crippen LogP contribution in [0.4, 0.5) is 0 Å². The first-order chi connectivity index (χ1) is 14.8. The summed E-state index contributed by atoms with van der Waals surface area (Å²) < 4.78 is 33.1. The van der Waals surface area contributed by atoms with Gasteiger partial charge in [0.1, 0.15) is 16.4 Å². The van der Waals surface area contributed by atoms with Gasteiger partial charge in [-0.25, -0.2) is 13.4 Å². The van der Waals surface area contributed by atoms with Gasteiger partial charge in [0.05, 0.1) is 0 Å². The zero-order valence-corrected chi connectivity index (χ0v) is 18.7. The minimum absolute atomic E-state index is 0.0669. The molecule has 2 fully saturated rings. The Balaban J connectivity index is 1.41. The fourth-order valence-corrected chi connectivity index (χ4v) is 6.95. The first-order valence-electron chi connectivity index (χ1n) is 10.4. The molecule has 164 valence electrons. The molecule has 4 heterocycles. The van der Waals surface area contributed by atoms with Crippen molar-refractivity contribution in [3.63, 3.8) is 0 Å². The van der Waals surface area contributed by atoms with Crippen LogP contribution in [-0.2, 0) is 16.6 Å². The lowest BCUT2D eigenvalue weighted by atomic mass is 9.72. The number of nitrogens with zero attached hydrogens (tertiary/aromatic N) is 5. The molecule has 0 amide bonds. The lowest BCUT2D eigenvalue weighted by Crippen LogP contribution is -2.61. The maximum Gasteiger partial charge on any atom is 0.248 e. The lowest BCUT2D eigenvalue weighted by Gasteiger charge is -2.49. The van der Waals surface area contributed by atoms with E-state index in [0.29, 0.717) is 24.5 Å². The predicted octanol–water partition coefficient (Wildman–Crippen LogP) is 2.01. The van der Waals surface area contributed by atoms with E-state index in [4.69, 9.17) is 4.52 Å². The molecule has 2 aromatic heterocycles. The molecule has 1 atom stereocenters. The summed E-state index contributed by atoms with van der Waals surface area (Å²) >= 11 is 0. The predicted molar refractivity (Wildman–Crippen MR) is 113 cm³/mol. The zero-order chi connectivity index (χ0) is 21.8. The van der Waals surface area contributed by atoms with Crippen molar-refractivity contribution in [1.82, 2.24) is 29.5 Å². The van der Waals surface area contributed by atoms with Crippen LogP contribution in [0.3, 0.4) is 0 Å². The molecular formula is C21H26N6O3S. The molecule has 3 aromatic rings. The van der Waals surface area contributed by atoms with Crippen LogP contribution < -0.4 is 0 Å². The lowest BCUT2D eigenvalue weighted by molar-refractivity contribution is 0.0606.